The molecular weight excluding hydrogens is 479 g/mol. The van der Waals surface area contributed by atoms with Gasteiger partial charge in [-0.25, -0.2) is 0 Å². The molecule has 192 valence electrons. The summed E-state index contributed by atoms with van der Waals surface area (Å²) < 4.78 is 5.27. The predicted octanol–water partition coefficient (Wildman–Crippen LogP) is 10.6. The standard InChI is InChI=1S/C28H56BrO2P/c1-5-9-12-15-18-21-24-32(29,27-28(30)31-8-4,25-22-19-16-13-10-6-2)26-23-20-17-14-11-7-3/h8H,4-7,9-27H2,1-3H3. The molecule has 0 heterocycles. The molecule has 0 aromatic heterocycles. The second-order valence-electron chi connectivity index (χ2n) is 10.1. The van der Waals surface area contributed by atoms with Crippen LogP contribution in [0.15, 0.2) is 12.8 Å². The molecule has 0 saturated heterocycles. The quantitative estimate of drug-likeness (QED) is 0.0532. The first-order chi connectivity index (χ1) is 15.4. The molecule has 0 amide bonds. The molecule has 4 heteroatoms. The van der Waals surface area contributed by atoms with Crippen LogP contribution in [0.25, 0.3) is 0 Å². The van der Waals surface area contributed by atoms with Crippen molar-refractivity contribution in [1.29, 1.82) is 0 Å². The van der Waals surface area contributed by atoms with Crippen molar-refractivity contribution in [3.8, 4) is 0 Å². The Hall–Kier alpha value is 0.120. The zero-order valence-corrected chi connectivity index (χ0v) is 24.5. The number of ether oxygens (including phenoxy) is 1. The van der Waals surface area contributed by atoms with Gasteiger partial charge in [0.25, 0.3) is 0 Å². The Morgan fingerprint density at radius 1 is 0.656 bits per heavy atom. The third-order valence-corrected chi connectivity index (χ3v) is 16.2. The minimum absolute atomic E-state index is 0.0718. The van der Waals surface area contributed by atoms with Gasteiger partial charge in [0.2, 0.25) is 0 Å². The number of hydrogen-bond acceptors (Lipinski definition) is 2. The van der Waals surface area contributed by atoms with Gasteiger partial charge in [-0.1, -0.05) is 0 Å². The van der Waals surface area contributed by atoms with E-state index in [1.54, 1.807) is 0 Å². The fourth-order valence-electron chi connectivity index (χ4n) is 4.89. The van der Waals surface area contributed by atoms with Gasteiger partial charge in [0, 0.05) is 0 Å². The summed E-state index contributed by atoms with van der Waals surface area (Å²) in [5.41, 5.74) is 0. The van der Waals surface area contributed by atoms with Crippen LogP contribution in [0.5, 0.6) is 0 Å². The van der Waals surface area contributed by atoms with E-state index in [0.29, 0.717) is 6.16 Å². The molecule has 0 atom stereocenters. The predicted molar refractivity (Wildman–Crippen MR) is 152 cm³/mol. The summed E-state index contributed by atoms with van der Waals surface area (Å²) in [7, 11) is 0. The fourth-order valence-corrected chi connectivity index (χ4v) is 12.7. The minimum atomic E-state index is -2.31. The third-order valence-electron chi connectivity index (χ3n) is 6.95. The normalized spacial score (nSPS) is 12.9. The Kier molecular flexibility index (Phi) is 20.6. The Morgan fingerprint density at radius 2 is 0.969 bits per heavy atom. The van der Waals surface area contributed by atoms with Crippen molar-refractivity contribution in [2.24, 2.45) is 0 Å². The first-order valence-electron chi connectivity index (χ1n) is 14.0. The van der Waals surface area contributed by atoms with Crippen LogP contribution in [0.2, 0.25) is 0 Å². The van der Waals surface area contributed by atoms with Crippen molar-refractivity contribution in [1.82, 2.24) is 0 Å². The Balaban J connectivity index is 5.12. The number of carbonyl (C=O) groups is 1. The first kappa shape index (κ1) is 32.1. The number of rotatable bonds is 24. The average molecular weight is 536 g/mol. The second-order valence-corrected chi connectivity index (χ2v) is 21.4. The summed E-state index contributed by atoms with van der Waals surface area (Å²) in [6, 6.07) is 0. The van der Waals surface area contributed by atoms with Crippen LogP contribution in [-0.2, 0) is 9.53 Å². The van der Waals surface area contributed by atoms with Crippen LogP contribution in [0.3, 0.4) is 0 Å². The molecule has 0 unspecified atom stereocenters. The van der Waals surface area contributed by atoms with Gasteiger partial charge in [0.05, 0.1) is 0 Å². The molecule has 0 spiro atoms. The third kappa shape index (κ3) is 16.7. The maximum absolute atomic E-state index is 12.7. The molecule has 0 aromatic carbocycles. The van der Waals surface area contributed by atoms with Gasteiger partial charge >= 0.3 is 210 Å². The number of esters is 1. The van der Waals surface area contributed by atoms with E-state index in [-0.39, 0.29) is 5.97 Å². The molecule has 0 rings (SSSR count). The van der Waals surface area contributed by atoms with Crippen molar-refractivity contribution in [2.75, 3.05) is 24.6 Å². The summed E-state index contributed by atoms with van der Waals surface area (Å²) in [6.45, 7) is 10.4. The van der Waals surface area contributed by atoms with Crippen LogP contribution in [0.1, 0.15) is 136 Å². The maximum atomic E-state index is 12.7. The molecule has 0 radical (unpaired) electrons. The summed E-state index contributed by atoms with van der Waals surface area (Å²) in [5, 5.41) is -2.31. The van der Waals surface area contributed by atoms with Crippen molar-refractivity contribution in [3.63, 3.8) is 0 Å². The van der Waals surface area contributed by atoms with Crippen molar-refractivity contribution in [2.45, 2.75) is 136 Å². The average Bonchev–Trinajstić information content (AvgIpc) is 2.76. The van der Waals surface area contributed by atoms with E-state index in [1.807, 2.05) is 0 Å². The van der Waals surface area contributed by atoms with Crippen LogP contribution in [0.4, 0.5) is 0 Å². The second kappa shape index (κ2) is 20.5. The molecule has 2 nitrogen and oxygen atoms in total. The SMILES string of the molecule is C=COC(=O)CP(Br)(CCCCCCCC)(CCCCCCCC)CCCCCCCC. The van der Waals surface area contributed by atoms with E-state index in [1.165, 1.54) is 140 Å². The van der Waals surface area contributed by atoms with E-state index < -0.39 is 5.31 Å². The molecular formula is C28H56BrO2P. The molecule has 0 aliphatic rings. The first-order valence-corrected chi connectivity index (χ1v) is 19.0. The van der Waals surface area contributed by atoms with Crippen LogP contribution in [0, 0.1) is 0 Å². The van der Waals surface area contributed by atoms with E-state index in [2.05, 4.69) is 42.8 Å². The summed E-state index contributed by atoms with van der Waals surface area (Å²) in [6.07, 6.45) is 29.1. The van der Waals surface area contributed by atoms with Crippen LogP contribution >= 0.6 is 20.8 Å². The van der Waals surface area contributed by atoms with Gasteiger partial charge in [-0.05, 0) is 0 Å². The molecule has 0 saturated carbocycles. The zero-order chi connectivity index (χ0) is 24.0. The fraction of sp³-hybridized carbons (Fsp3) is 0.893. The Morgan fingerprint density at radius 3 is 1.28 bits per heavy atom. The van der Waals surface area contributed by atoms with Gasteiger partial charge in [-0.3, -0.25) is 0 Å². The van der Waals surface area contributed by atoms with E-state index in [9.17, 15) is 4.79 Å². The monoisotopic (exact) mass is 534 g/mol. The van der Waals surface area contributed by atoms with Crippen molar-refractivity contribution >= 4 is 26.8 Å². The summed E-state index contributed by atoms with van der Waals surface area (Å²) in [5.74, 6) is -0.0718. The number of halogens is 1. The van der Waals surface area contributed by atoms with E-state index in [0.717, 1.165) is 0 Å². The van der Waals surface area contributed by atoms with E-state index in [4.69, 9.17) is 4.74 Å². The Labute approximate surface area is 209 Å². The Bertz CT molecular complexity index is 423. The molecule has 0 N–H and O–H groups in total. The number of carbonyl (C=O) groups excluding carboxylic acids is 1. The molecule has 0 aromatic rings. The number of hydrogen-bond donors (Lipinski definition) is 0. The van der Waals surface area contributed by atoms with Gasteiger partial charge in [-0.2, -0.15) is 0 Å². The summed E-state index contributed by atoms with van der Waals surface area (Å²) in [4.78, 5) is 12.7. The molecule has 0 fully saturated rings. The summed E-state index contributed by atoms with van der Waals surface area (Å²) >= 11 is 4.41. The topological polar surface area (TPSA) is 26.3 Å². The van der Waals surface area contributed by atoms with Gasteiger partial charge in [0.1, 0.15) is 0 Å². The van der Waals surface area contributed by atoms with Crippen LogP contribution in [-0.4, -0.2) is 30.6 Å². The zero-order valence-electron chi connectivity index (χ0n) is 22.0. The van der Waals surface area contributed by atoms with Crippen LogP contribution < -0.4 is 0 Å². The molecule has 0 aliphatic carbocycles. The molecule has 32 heavy (non-hydrogen) atoms. The van der Waals surface area contributed by atoms with Gasteiger partial charge < -0.3 is 0 Å². The van der Waals surface area contributed by atoms with Crippen molar-refractivity contribution < 1.29 is 9.53 Å². The van der Waals surface area contributed by atoms with Gasteiger partial charge in [-0.15, -0.1) is 0 Å². The van der Waals surface area contributed by atoms with E-state index >= 15 is 0 Å². The number of unbranched alkanes of at least 4 members (excludes halogenated alkanes) is 15. The molecule has 0 aliphatic heterocycles. The molecule has 0 bridgehead atoms. The van der Waals surface area contributed by atoms with Gasteiger partial charge in [0.15, 0.2) is 0 Å². The van der Waals surface area contributed by atoms with Crippen molar-refractivity contribution in [3.05, 3.63) is 12.8 Å².